The molecule has 4 nitrogen and oxygen atoms in total. The van der Waals surface area contributed by atoms with Crippen LogP contribution < -0.4 is 10.1 Å². The van der Waals surface area contributed by atoms with Crippen molar-refractivity contribution >= 4 is 11.6 Å². The number of amides is 1. The van der Waals surface area contributed by atoms with Gasteiger partial charge in [0.2, 0.25) is 0 Å². The third-order valence-electron chi connectivity index (χ3n) is 5.18. The number of likely N-dealkylation sites (tertiary alicyclic amines) is 1. The predicted octanol–water partition coefficient (Wildman–Crippen LogP) is 5.11. The minimum atomic E-state index is -0.101. The van der Waals surface area contributed by atoms with Crippen molar-refractivity contribution in [2.24, 2.45) is 0 Å². The Kier molecular flexibility index (Phi) is 6.22. The molecule has 1 fully saturated rings. The van der Waals surface area contributed by atoms with Gasteiger partial charge in [0.25, 0.3) is 5.91 Å². The summed E-state index contributed by atoms with van der Waals surface area (Å²) >= 11 is 0. The number of anilines is 1. The summed E-state index contributed by atoms with van der Waals surface area (Å²) in [5.74, 6) is 0.675. The Morgan fingerprint density at radius 2 is 1.52 bits per heavy atom. The van der Waals surface area contributed by atoms with E-state index in [1.165, 1.54) is 31.5 Å². The van der Waals surface area contributed by atoms with E-state index < -0.39 is 0 Å². The molecule has 0 spiro atoms. The number of nitrogens with one attached hydrogen (secondary N) is 1. The van der Waals surface area contributed by atoms with E-state index in [2.05, 4.69) is 10.2 Å². The second-order valence-electron chi connectivity index (χ2n) is 7.43. The molecule has 0 atom stereocenters. The largest absolute Gasteiger partial charge is 0.489 e. The number of hydrogen-bond donors (Lipinski definition) is 1. The molecule has 1 aliphatic rings. The molecule has 148 valence electrons. The molecular formula is C25H26N2O2. The van der Waals surface area contributed by atoms with Gasteiger partial charge in [-0.3, -0.25) is 9.69 Å². The summed E-state index contributed by atoms with van der Waals surface area (Å²) in [4.78, 5) is 15.0. The van der Waals surface area contributed by atoms with Gasteiger partial charge in [-0.25, -0.2) is 0 Å². The molecule has 1 amide bonds. The fraction of sp³-hybridized carbons (Fsp3) is 0.240. The fourth-order valence-corrected chi connectivity index (χ4v) is 3.54. The summed E-state index contributed by atoms with van der Waals surface area (Å²) in [6.07, 6.45) is 2.58. The summed E-state index contributed by atoms with van der Waals surface area (Å²) in [7, 11) is 0. The van der Waals surface area contributed by atoms with Gasteiger partial charge >= 0.3 is 0 Å². The molecule has 0 aromatic heterocycles. The first-order valence-electron chi connectivity index (χ1n) is 10.2. The molecule has 4 rings (SSSR count). The lowest BCUT2D eigenvalue weighted by Gasteiger charge is -2.14. The molecule has 1 N–H and O–H groups in total. The van der Waals surface area contributed by atoms with Crippen LogP contribution in [0.2, 0.25) is 0 Å². The highest BCUT2D eigenvalue weighted by Crippen LogP contribution is 2.18. The van der Waals surface area contributed by atoms with Gasteiger partial charge in [0, 0.05) is 17.8 Å². The molecule has 1 aliphatic heterocycles. The fourth-order valence-electron chi connectivity index (χ4n) is 3.54. The second kappa shape index (κ2) is 9.39. The van der Waals surface area contributed by atoms with Gasteiger partial charge in [-0.05, 0) is 73.5 Å². The van der Waals surface area contributed by atoms with Crippen molar-refractivity contribution < 1.29 is 9.53 Å². The van der Waals surface area contributed by atoms with Gasteiger partial charge in [-0.1, -0.05) is 42.5 Å². The molecule has 0 saturated carbocycles. The minimum absolute atomic E-state index is 0.101. The number of hydrogen-bond acceptors (Lipinski definition) is 3. The van der Waals surface area contributed by atoms with Crippen LogP contribution >= 0.6 is 0 Å². The first-order valence-corrected chi connectivity index (χ1v) is 10.2. The Hall–Kier alpha value is -3.11. The molecule has 0 radical (unpaired) electrons. The van der Waals surface area contributed by atoms with E-state index in [1.54, 1.807) is 0 Å². The average molecular weight is 386 g/mol. The zero-order valence-electron chi connectivity index (χ0n) is 16.5. The van der Waals surface area contributed by atoms with E-state index in [1.807, 2.05) is 78.9 Å². The van der Waals surface area contributed by atoms with Crippen LogP contribution in [-0.2, 0) is 13.2 Å². The van der Waals surface area contributed by atoms with E-state index in [0.29, 0.717) is 12.2 Å². The maximum absolute atomic E-state index is 12.5. The normalized spacial score (nSPS) is 13.9. The van der Waals surface area contributed by atoms with E-state index in [0.717, 1.165) is 23.5 Å². The minimum Gasteiger partial charge on any atom is -0.489 e. The lowest BCUT2D eigenvalue weighted by Crippen LogP contribution is -2.18. The zero-order valence-corrected chi connectivity index (χ0v) is 16.5. The van der Waals surface area contributed by atoms with Gasteiger partial charge in [-0.2, -0.15) is 0 Å². The van der Waals surface area contributed by atoms with Crippen LogP contribution in [0.15, 0.2) is 78.9 Å². The van der Waals surface area contributed by atoms with E-state index in [4.69, 9.17) is 4.74 Å². The highest BCUT2D eigenvalue weighted by Gasteiger charge is 2.12. The van der Waals surface area contributed by atoms with Gasteiger partial charge in [0.1, 0.15) is 12.4 Å². The summed E-state index contributed by atoms with van der Waals surface area (Å²) in [5, 5.41) is 2.95. The van der Waals surface area contributed by atoms with Crippen LogP contribution in [0.5, 0.6) is 5.75 Å². The van der Waals surface area contributed by atoms with E-state index >= 15 is 0 Å². The smallest absolute Gasteiger partial charge is 0.255 e. The Morgan fingerprint density at radius 1 is 0.828 bits per heavy atom. The molecular weight excluding hydrogens is 360 g/mol. The first kappa shape index (κ1) is 19.2. The lowest BCUT2D eigenvalue weighted by molar-refractivity contribution is 0.102. The van der Waals surface area contributed by atoms with Crippen molar-refractivity contribution in [1.82, 2.24) is 4.90 Å². The second-order valence-corrected chi connectivity index (χ2v) is 7.43. The van der Waals surface area contributed by atoms with E-state index in [9.17, 15) is 4.79 Å². The highest BCUT2D eigenvalue weighted by atomic mass is 16.5. The number of nitrogens with zero attached hydrogens (tertiary/aromatic N) is 1. The third kappa shape index (κ3) is 5.46. The molecule has 29 heavy (non-hydrogen) atoms. The van der Waals surface area contributed by atoms with Gasteiger partial charge < -0.3 is 10.1 Å². The third-order valence-corrected chi connectivity index (χ3v) is 5.18. The predicted molar refractivity (Wildman–Crippen MR) is 116 cm³/mol. The van der Waals surface area contributed by atoms with Crippen molar-refractivity contribution in [2.75, 3.05) is 18.4 Å². The van der Waals surface area contributed by atoms with Gasteiger partial charge in [0.05, 0.1) is 0 Å². The summed E-state index contributed by atoms with van der Waals surface area (Å²) in [6, 6.07) is 25.4. The van der Waals surface area contributed by atoms with Crippen LogP contribution in [0.25, 0.3) is 0 Å². The van der Waals surface area contributed by atoms with Crippen molar-refractivity contribution in [2.45, 2.75) is 26.0 Å². The summed E-state index contributed by atoms with van der Waals surface area (Å²) in [6.45, 7) is 3.84. The zero-order chi connectivity index (χ0) is 19.9. The SMILES string of the molecule is O=C(Nc1ccc(OCc2ccccc2)cc1)c1ccc(CN2CCCC2)cc1. The van der Waals surface area contributed by atoms with Crippen LogP contribution in [0.1, 0.15) is 34.3 Å². The number of benzene rings is 3. The maximum atomic E-state index is 12.5. The van der Waals surface area contributed by atoms with Crippen molar-refractivity contribution in [3.05, 3.63) is 95.6 Å². The van der Waals surface area contributed by atoms with Crippen LogP contribution in [-0.4, -0.2) is 23.9 Å². The standard InChI is InChI=1S/C25H26N2O2/c28-25(22-10-8-20(9-11-22)18-27-16-4-5-17-27)26-23-12-14-24(15-13-23)29-19-21-6-2-1-3-7-21/h1-3,6-15H,4-5,16-19H2,(H,26,28). The van der Waals surface area contributed by atoms with Crippen LogP contribution in [0.4, 0.5) is 5.69 Å². The Balaban J connectivity index is 1.29. The number of carbonyl (C=O) groups is 1. The molecule has 3 aromatic carbocycles. The number of ether oxygens (including phenoxy) is 1. The summed E-state index contributed by atoms with van der Waals surface area (Å²) < 4.78 is 5.79. The monoisotopic (exact) mass is 386 g/mol. The molecule has 1 saturated heterocycles. The van der Waals surface area contributed by atoms with E-state index in [-0.39, 0.29) is 5.91 Å². The maximum Gasteiger partial charge on any atom is 0.255 e. The van der Waals surface area contributed by atoms with Crippen LogP contribution in [0.3, 0.4) is 0 Å². The molecule has 3 aromatic rings. The van der Waals surface area contributed by atoms with Crippen molar-refractivity contribution in [1.29, 1.82) is 0 Å². The Labute approximate surface area is 172 Å². The highest BCUT2D eigenvalue weighted by molar-refractivity contribution is 6.04. The Morgan fingerprint density at radius 3 is 2.21 bits per heavy atom. The van der Waals surface area contributed by atoms with Gasteiger partial charge in [0.15, 0.2) is 0 Å². The quantitative estimate of drug-likeness (QED) is 0.613. The summed E-state index contributed by atoms with van der Waals surface area (Å²) in [5.41, 5.74) is 3.80. The molecule has 4 heteroatoms. The number of carbonyl (C=O) groups excluding carboxylic acids is 1. The first-order chi connectivity index (χ1) is 14.3. The number of rotatable bonds is 7. The molecule has 0 unspecified atom stereocenters. The lowest BCUT2D eigenvalue weighted by atomic mass is 10.1. The van der Waals surface area contributed by atoms with Crippen molar-refractivity contribution in [3.63, 3.8) is 0 Å². The van der Waals surface area contributed by atoms with Crippen molar-refractivity contribution in [3.8, 4) is 5.75 Å². The molecule has 1 heterocycles. The molecule has 0 bridgehead atoms. The topological polar surface area (TPSA) is 41.6 Å². The molecule has 0 aliphatic carbocycles. The van der Waals surface area contributed by atoms with Gasteiger partial charge in [-0.15, -0.1) is 0 Å². The average Bonchev–Trinajstić information content (AvgIpc) is 3.27. The Bertz CT molecular complexity index is 915. The van der Waals surface area contributed by atoms with Crippen LogP contribution in [0, 0.1) is 0 Å².